The summed E-state index contributed by atoms with van der Waals surface area (Å²) in [6.07, 6.45) is 1.57. The normalized spacial score (nSPS) is 14.5. The molecule has 0 bridgehead atoms. The van der Waals surface area contributed by atoms with Gasteiger partial charge in [0.2, 0.25) is 0 Å². The highest BCUT2D eigenvalue weighted by atomic mass is 35.5. The summed E-state index contributed by atoms with van der Waals surface area (Å²) in [5.41, 5.74) is 0.914. The zero-order chi connectivity index (χ0) is 18.7. The largest absolute Gasteiger partial charge is 0.484 e. The molecule has 1 aromatic heterocycles. The molecular weight excluding hydrogens is 397 g/mol. The second-order valence-electron chi connectivity index (χ2n) is 6.03. The van der Waals surface area contributed by atoms with Gasteiger partial charge >= 0.3 is 0 Å². The lowest BCUT2D eigenvalue weighted by Crippen LogP contribution is -2.50. The molecule has 0 aliphatic carbocycles. The first kappa shape index (κ1) is 19.1. The van der Waals surface area contributed by atoms with Crippen molar-refractivity contribution in [3.05, 3.63) is 51.1 Å². The molecule has 0 atom stereocenters. The molecule has 138 valence electrons. The summed E-state index contributed by atoms with van der Waals surface area (Å²) < 4.78 is 5.59. The average molecular weight is 415 g/mol. The van der Waals surface area contributed by atoms with Gasteiger partial charge in [0.15, 0.2) is 6.61 Å². The van der Waals surface area contributed by atoms with Gasteiger partial charge in [-0.15, -0.1) is 0 Å². The maximum atomic E-state index is 12.4. The SMILES string of the molecule is Cc1cc(OCC(=O)N2CCN(c3ncc(Cl)cc3Cl)CC2)ccc1Cl. The van der Waals surface area contributed by atoms with Crippen molar-refractivity contribution < 1.29 is 9.53 Å². The monoisotopic (exact) mass is 413 g/mol. The Hall–Kier alpha value is -1.69. The van der Waals surface area contributed by atoms with E-state index in [1.807, 2.05) is 17.9 Å². The van der Waals surface area contributed by atoms with Crippen LogP contribution < -0.4 is 9.64 Å². The van der Waals surface area contributed by atoms with Crippen LogP contribution in [0, 0.1) is 6.92 Å². The predicted octanol–water partition coefficient (Wildman–Crippen LogP) is 4.08. The smallest absolute Gasteiger partial charge is 0.260 e. The molecule has 0 N–H and O–H groups in total. The average Bonchev–Trinajstić information content (AvgIpc) is 2.63. The van der Waals surface area contributed by atoms with E-state index in [0.29, 0.717) is 52.8 Å². The van der Waals surface area contributed by atoms with Gasteiger partial charge in [-0.05, 0) is 36.8 Å². The van der Waals surface area contributed by atoms with Crippen molar-refractivity contribution in [3.8, 4) is 5.75 Å². The van der Waals surface area contributed by atoms with Gasteiger partial charge in [-0.3, -0.25) is 4.79 Å². The topological polar surface area (TPSA) is 45.7 Å². The number of ether oxygens (including phenoxy) is 1. The van der Waals surface area contributed by atoms with Crippen molar-refractivity contribution in [1.29, 1.82) is 0 Å². The van der Waals surface area contributed by atoms with E-state index in [1.54, 1.807) is 29.3 Å². The molecule has 0 unspecified atom stereocenters. The number of rotatable bonds is 4. The number of amides is 1. The van der Waals surface area contributed by atoms with Crippen LogP contribution in [-0.4, -0.2) is 48.6 Å². The fraction of sp³-hybridized carbons (Fsp3) is 0.333. The third kappa shape index (κ3) is 4.53. The van der Waals surface area contributed by atoms with Crippen LogP contribution in [0.2, 0.25) is 15.1 Å². The number of carbonyl (C=O) groups is 1. The minimum Gasteiger partial charge on any atom is -0.484 e. The van der Waals surface area contributed by atoms with E-state index in [4.69, 9.17) is 39.5 Å². The number of anilines is 1. The van der Waals surface area contributed by atoms with Crippen LogP contribution in [0.25, 0.3) is 0 Å². The number of hydrogen-bond donors (Lipinski definition) is 0. The van der Waals surface area contributed by atoms with E-state index < -0.39 is 0 Å². The van der Waals surface area contributed by atoms with E-state index in [-0.39, 0.29) is 12.5 Å². The molecule has 0 saturated carbocycles. The summed E-state index contributed by atoms with van der Waals surface area (Å²) in [7, 11) is 0. The first-order valence-electron chi connectivity index (χ1n) is 8.17. The van der Waals surface area contributed by atoms with Crippen molar-refractivity contribution in [2.45, 2.75) is 6.92 Å². The molecule has 1 amide bonds. The highest BCUT2D eigenvalue weighted by Gasteiger charge is 2.23. The van der Waals surface area contributed by atoms with Gasteiger partial charge < -0.3 is 14.5 Å². The van der Waals surface area contributed by atoms with E-state index in [0.717, 1.165) is 5.56 Å². The Morgan fingerprint density at radius 3 is 2.50 bits per heavy atom. The molecule has 3 rings (SSSR count). The number of piperazine rings is 1. The molecule has 2 aromatic rings. The van der Waals surface area contributed by atoms with Crippen LogP contribution in [0.4, 0.5) is 5.82 Å². The van der Waals surface area contributed by atoms with Gasteiger partial charge in [0.05, 0.1) is 10.0 Å². The number of nitrogens with zero attached hydrogens (tertiary/aromatic N) is 3. The molecule has 0 radical (unpaired) electrons. The molecule has 26 heavy (non-hydrogen) atoms. The first-order valence-corrected chi connectivity index (χ1v) is 9.30. The molecule has 1 saturated heterocycles. The Kier molecular flexibility index (Phi) is 6.12. The summed E-state index contributed by atoms with van der Waals surface area (Å²) in [4.78, 5) is 20.5. The number of carbonyl (C=O) groups excluding carboxylic acids is 1. The second-order valence-corrected chi connectivity index (χ2v) is 7.28. The Balaban J connectivity index is 1.52. The molecular formula is C18H18Cl3N3O2. The highest BCUT2D eigenvalue weighted by Crippen LogP contribution is 2.27. The summed E-state index contributed by atoms with van der Waals surface area (Å²) in [5.74, 6) is 1.28. The number of hydrogen-bond acceptors (Lipinski definition) is 4. The lowest BCUT2D eigenvalue weighted by molar-refractivity contribution is -0.133. The fourth-order valence-corrected chi connectivity index (χ4v) is 3.37. The Morgan fingerprint density at radius 1 is 1.12 bits per heavy atom. The first-order chi connectivity index (χ1) is 12.4. The zero-order valence-corrected chi connectivity index (χ0v) is 16.5. The molecule has 1 aromatic carbocycles. The molecule has 2 heterocycles. The van der Waals surface area contributed by atoms with Crippen LogP contribution in [-0.2, 0) is 4.79 Å². The Morgan fingerprint density at radius 2 is 1.85 bits per heavy atom. The predicted molar refractivity (Wildman–Crippen MR) is 105 cm³/mol. The highest BCUT2D eigenvalue weighted by molar-refractivity contribution is 6.36. The molecule has 0 spiro atoms. The Bertz CT molecular complexity index is 808. The van der Waals surface area contributed by atoms with Gasteiger partial charge in [-0.25, -0.2) is 4.98 Å². The standard InChI is InChI=1S/C18H18Cl3N3O2/c1-12-8-14(2-3-15(12)20)26-11-17(25)23-4-6-24(7-5-23)18-16(21)9-13(19)10-22-18/h2-3,8-10H,4-7,11H2,1H3. The van der Waals surface area contributed by atoms with Crippen molar-refractivity contribution >= 4 is 46.5 Å². The van der Waals surface area contributed by atoms with E-state index in [2.05, 4.69) is 4.98 Å². The number of aryl methyl sites for hydroxylation is 1. The summed E-state index contributed by atoms with van der Waals surface area (Å²) in [6, 6.07) is 7.01. The Labute approximate surface area is 167 Å². The van der Waals surface area contributed by atoms with E-state index in [1.165, 1.54) is 0 Å². The van der Waals surface area contributed by atoms with Gasteiger partial charge in [-0.2, -0.15) is 0 Å². The lowest BCUT2D eigenvalue weighted by atomic mass is 10.2. The third-order valence-electron chi connectivity index (χ3n) is 4.21. The fourth-order valence-electron chi connectivity index (χ4n) is 2.75. The van der Waals surface area contributed by atoms with Crippen LogP contribution in [0.15, 0.2) is 30.5 Å². The maximum Gasteiger partial charge on any atom is 0.260 e. The molecule has 1 fully saturated rings. The molecule has 5 nitrogen and oxygen atoms in total. The second kappa shape index (κ2) is 8.33. The van der Waals surface area contributed by atoms with Crippen LogP contribution in [0.5, 0.6) is 5.75 Å². The maximum absolute atomic E-state index is 12.4. The van der Waals surface area contributed by atoms with Gasteiger partial charge in [-0.1, -0.05) is 34.8 Å². The quantitative estimate of drug-likeness (QED) is 0.756. The number of benzene rings is 1. The van der Waals surface area contributed by atoms with E-state index in [9.17, 15) is 4.79 Å². The van der Waals surface area contributed by atoms with Crippen LogP contribution in [0.1, 0.15) is 5.56 Å². The number of halogens is 3. The summed E-state index contributed by atoms with van der Waals surface area (Å²) in [5, 5.41) is 1.69. The molecule has 8 heteroatoms. The summed E-state index contributed by atoms with van der Waals surface area (Å²) >= 11 is 18.1. The number of aromatic nitrogens is 1. The third-order valence-corrected chi connectivity index (χ3v) is 5.12. The zero-order valence-electron chi connectivity index (χ0n) is 14.2. The number of pyridine rings is 1. The van der Waals surface area contributed by atoms with Gasteiger partial charge in [0.1, 0.15) is 11.6 Å². The van der Waals surface area contributed by atoms with Crippen LogP contribution in [0.3, 0.4) is 0 Å². The minimum absolute atomic E-state index is 0.00102. The lowest BCUT2D eigenvalue weighted by Gasteiger charge is -2.35. The molecule has 1 aliphatic heterocycles. The summed E-state index contributed by atoms with van der Waals surface area (Å²) in [6.45, 7) is 4.37. The minimum atomic E-state index is -0.0487. The van der Waals surface area contributed by atoms with Crippen LogP contribution >= 0.6 is 34.8 Å². The van der Waals surface area contributed by atoms with Crippen molar-refractivity contribution in [2.75, 3.05) is 37.7 Å². The van der Waals surface area contributed by atoms with Gasteiger partial charge in [0.25, 0.3) is 5.91 Å². The van der Waals surface area contributed by atoms with Crippen molar-refractivity contribution in [3.63, 3.8) is 0 Å². The van der Waals surface area contributed by atoms with Crippen molar-refractivity contribution in [1.82, 2.24) is 9.88 Å². The molecule has 1 aliphatic rings. The van der Waals surface area contributed by atoms with Crippen molar-refractivity contribution in [2.24, 2.45) is 0 Å². The van der Waals surface area contributed by atoms with Gasteiger partial charge in [0, 0.05) is 37.4 Å². The van der Waals surface area contributed by atoms with E-state index >= 15 is 0 Å².